The van der Waals surface area contributed by atoms with Crippen LogP contribution in [-0.4, -0.2) is 25.8 Å². The number of hydrogen-bond acceptors (Lipinski definition) is 4. The largest absolute Gasteiger partial charge is 0.540 e. The predicted octanol–water partition coefficient (Wildman–Crippen LogP) is 12.4. The number of ether oxygens (including phenoxy) is 1. The zero-order valence-corrected chi connectivity index (χ0v) is 30.8. The molecule has 8 heteroatoms. The Labute approximate surface area is 295 Å². The van der Waals surface area contributed by atoms with Crippen LogP contribution in [-0.2, 0) is 5.92 Å². The second-order valence-corrected chi connectivity index (χ2v) is 15.7. The van der Waals surface area contributed by atoms with Crippen LogP contribution in [0.3, 0.4) is 0 Å². The van der Waals surface area contributed by atoms with Crippen molar-refractivity contribution in [1.29, 1.82) is 0 Å². The van der Waals surface area contributed by atoms with Crippen LogP contribution in [0.1, 0.15) is 129 Å². The Morgan fingerprint density at radius 2 is 1.53 bits per heavy atom. The number of unbranched alkanes of at least 4 members (excludes halogenated alkanes) is 7. The van der Waals surface area contributed by atoms with Gasteiger partial charge < -0.3 is 9.16 Å². The number of hydrogen-bond donors (Lipinski definition) is 0. The molecular formula is C41H55F3N2O2Si. The molecule has 1 aliphatic carbocycles. The molecule has 49 heavy (non-hydrogen) atoms. The Bertz CT molecular complexity index is 1450. The number of para-hydroxylation sites is 1. The highest BCUT2D eigenvalue weighted by molar-refractivity contribution is 6.28. The summed E-state index contributed by atoms with van der Waals surface area (Å²) < 4.78 is 58.6. The summed E-state index contributed by atoms with van der Waals surface area (Å²) >= 11 is 0. The number of aromatic nitrogens is 2. The summed E-state index contributed by atoms with van der Waals surface area (Å²) in [5.74, 6) is -1.29. The van der Waals surface area contributed by atoms with Crippen molar-refractivity contribution in [3.8, 4) is 34.0 Å². The van der Waals surface area contributed by atoms with E-state index in [4.69, 9.17) is 9.16 Å². The fraction of sp³-hybridized carbons (Fsp3) is 0.610. The monoisotopic (exact) mass is 692 g/mol. The highest BCUT2D eigenvalue weighted by atomic mass is 28.2. The maximum absolute atomic E-state index is 15.8. The minimum Gasteiger partial charge on any atom is -0.540 e. The molecule has 1 aromatic heterocycles. The van der Waals surface area contributed by atoms with Crippen molar-refractivity contribution in [3.63, 3.8) is 0 Å². The van der Waals surface area contributed by atoms with Gasteiger partial charge in [-0.25, -0.2) is 14.4 Å². The van der Waals surface area contributed by atoms with Gasteiger partial charge in [-0.3, -0.25) is 0 Å². The second kappa shape index (κ2) is 18.4. The summed E-state index contributed by atoms with van der Waals surface area (Å²) in [6, 6.07) is 11.6. The molecular weight excluding hydrogens is 638 g/mol. The van der Waals surface area contributed by atoms with Gasteiger partial charge in [0.05, 0.1) is 5.56 Å². The third-order valence-corrected chi connectivity index (χ3v) is 11.1. The highest BCUT2D eigenvalue weighted by Gasteiger charge is 2.53. The Kier molecular flexibility index (Phi) is 14.0. The molecule has 0 spiro atoms. The SMILES string of the molecule is CCCCC(C)CC(C)CC[Si]Oc1ccccc1-c1cnc(-c2ccc3c(c2F)C(F)(F)C(CCCCCCCCCC2CC2)O3)nc1. The highest BCUT2D eigenvalue weighted by Crippen LogP contribution is 2.50. The molecule has 3 unspecified atom stereocenters. The molecule has 2 radical (unpaired) electrons. The van der Waals surface area contributed by atoms with Crippen molar-refractivity contribution in [2.45, 2.75) is 142 Å². The minimum atomic E-state index is -3.42. The Hall–Kier alpha value is -2.87. The van der Waals surface area contributed by atoms with Crippen LogP contribution in [0.15, 0.2) is 48.8 Å². The van der Waals surface area contributed by atoms with E-state index in [0.717, 1.165) is 60.4 Å². The third-order valence-electron chi connectivity index (χ3n) is 10.3. The van der Waals surface area contributed by atoms with Crippen LogP contribution in [0.2, 0.25) is 6.04 Å². The van der Waals surface area contributed by atoms with Gasteiger partial charge in [0.25, 0.3) is 0 Å². The van der Waals surface area contributed by atoms with Crippen LogP contribution in [0, 0.1) is 23.6 Å². The molecule has 0 amide bonds. The molecule has 5 rings (SSSR count). The van der Waals surface area contributed by atoms with Gasteiger partial charge in [0.2, 0.25) is 0 Å². The maximum atomic E-state index is 15.8. The van der Waals surface area contributed by atoms with Gasteiger partial charge in [-0.1, -0.05) is 122 Å². The van der Waals surface area contributed by atoms with E-state index in [1.165, 1.54) is 76.3 Å². The first kappa shape index (κ1) is 37.4. The molecule has 4 nitrogen and oxygen atoms in total. The van der Waals surface area contributed by atoms with Crippen molar-refractivity contribution < 1.29 is 22.3 Å². The number of nitrogens with zero attached hydrogens (tertiary/aromatic N) is 2. The van der Waals surface area contributed by atoms with Crippen molar-refractivity contribution >= 4 is 9.76 Å². The molecule has 3 aromatic rings. The van der Waals surface area contributed by atoms with Crippen molar-refractivity contribution in [3.05, 3.63) is 60.2 Å². The molecule has 1 fully saturated rings. The summed E-state index contributed by atoms with van der Waals surface area (Å²) in [6.45, 7) is 6.93. The zero-order chi connectivity index (χ0) is 34.6. The van der Waals surface area contributed by atoms with Crippen LogP contribution >= 0.6 is 0 Å². The van der Waals surface area contributed by atoms with Crippen molar-refractivity contribution in [1.82, 2.24) is 9.97 Å². The van der Waals surface area contributed by atoms with Gasteiger partial charge in [-0.15, -0.1) is 0 Å². The molecule has 2 aromatic carbocycles. The molecule has 3 atom stereocenters. The fourth-order valence-corrected chi connectivity index (χ4v) is 8.18. The van der Waals surface area contributed by atoms with Gasteiger partial charge in [0.1, 0.15) is 22.9 Å². The molecule has 0 N–H and O–H groups in total. The van der Waals surface area contributed by atoms with E-state index in [-0.39, 0.29) is 23.6 Å². The smallest absolute Gasteiger partial charge is 0.315 e. The van der Waals surface area contributed by atoms with E-state index in [2.05, 4.69) is 30.7 Å². The third kappa shape index (κ3) is 10.6. The molecule has 266 valence electrons. The summed E-state index contributed by atoms with van der Waals surface area (Å²) in [5, 5.41) is 0. The van der Waals surface area contributed by atoms with Crippen LogP contribution in [0.25, 0.3) is 22.5 Å². The minimum absolute atomic E-state index is 0.0555. The van der Waals surface area contributed by atoms with E-state index in [1.807, 2.05) is 24.3 Å². The summed E-state index contributed by atoms with van der Waals surface area (Å²) in [7, 11) is 0.336. The van der Waals surface area contributed by atoms with E-state index >= 15 is 13.2 Å². The lowest BCUT2D eigenvalue weighted by molar-refractivity contribution is -0.0811. The lowest BCUT2D eigenvalue weighted by Gasteiger charge is -2.18. The summed E-state index contributed by atoms with van der Waals surface area (Å²) in [5.41, 5.74) is 0.826. The van der Waals surface area contributed by atoms with Gasteiger partial charge >= 0.3 is 15.7 Å². The number of halogens is 3. The summed E-state index contributed by atoms with van der Waals surface area (Å²) in [4.78, 5) is 8.81. The molecule has 1 saturated carbocycles. The maximum Gasteiger partial charge on any atom is 0.315 e. The van der Waals surface area contributed by atoms with Crippen molar-refractivity contribution in [2.75, 3.05) is 0 Å². The van der Waals surface area contributed by atoms with Gasteiger partial charge in [0.15, 0.2) is 11.9 Å². The van der Waals surface area contributed by atoms with E-state index in [0.29, 0.717) is 22.1 Å². The Morgan fingerprint density at radius 3 is 2.24 bits per heavy atom. The Morgan fingerprint density at radius 1 is 0.857 bits per heavy atom. The molecule has 1 aliphatic heterocycles. The summed E-state index contributed by atoms with van der Waals surface area (Å²) in [6.07, 6.45) is 20.0. The fourth-order valence-electron chi connectivity index (χ4n) is 7.13. The molecule has 0 bridgehead atoms. The van der Waals surface area contributed by atoms with E-state index in [9.17, 15) is 0 Å². The lowest BCUT2D eigenvalue weighted by Crippen LogP contribution is -2.30. The average Bonchev–Trinajstić information content (AvgIpc) is 3.88. The first-order valence-corrected chi connectivity index (χ1v) is 20.1. The topological polar surface area (TPSA) is 44.2 Å². The van der Waals surface area contributed by atoms with Crippen LogP contribution < -0.4 is 9.16 Å². The Balaban J connectivity index is 1.12. The number of benzene rings is 2. The van der Waals surface area contributed by atoms with Crippen LogP contribution in [0.4, 0.5) is 13.2 Å². The zero-order valence-electron chi connectivity index (χ0n) is 29.8. The predicted molar refractivity (Wildman–Crippen MR) is 194 cm³/mol. The van der Waals surface area contributed by atoms with Crippen LogP contribution in [0.5, 0.6) is 11.5 Å². The van der Waals surface area contributed by atoms with Gasteiger partial charge in [-0.2, -0.15) is 8.78 Å². The molecule has 0 saturated heterocycles. The normalized spacial score (nSPS) is 17.8. The van der Waals surface area contributed by atoms with Gasteiger partial charge in [-0.05, 0) is 61.3 Å². The standard InChI is InChI=1S/C41H55F3N2O2Si/c1-4-5-15-29(2)26-30(3)24-25-49-48-35-18-14-13-17-33(35)32-27-45-40(46-28-32)34-22-23-36-38(39(34)42)41(43,44)37(47-36)19-12-10-8-6-7-9-11-16-31-20-21-31/h13-14,17-18,22-23,27-31,37H,4-12,15-16,19-21,24-26H2,1-3H3. The van der Waals surface area contributed by atoms with E-state index in [1.54, 1.807) is 12.4 Å². The van der Waals surface area contributed by atoms with E-state index < -0.39 is 23.4 Å². The first-order valence-electron chi connectivity index (χ1n) is 19.0. The number of fused-ring (bicyclic) bond motifs is 1. The van der Waals surface area contributed by atoms with Gasteiger partial charge in [0, 0.05) is 23.5 Å². The first-order chi connectivity index (χ1) is 23.8. The lowest BCUT2D eigenvalue weighted by atomic mass is 9.92. The average molecular weight is 693 g/mol. The molecule has 2 aliphatic rings. The molecule has 2 heterocycles. The quantitative estimate of drug-likeness (QED) is 0.0776. The second-order valence-electron chi connectivity index (χ2n) is 14.7. The number of rotatable bonds is 22. The number of alkyl halides is 2. The van der Waals surface area contributed by atoms with Crippen molar-refractivity contribution in [2.24, 2.45) is 17.8 Å².